The molecule has 0 aromatic heterocycles. The number of sulfonamides is 2. The molecule has 0 radical (unpaired) electrons. The summed E-state index contributed by atoms with van der Waals surface area (Å²) in [6, 6.07) is 11.2. The van der Waals surface area contributed by atoms with E-state index in [9.17, 15) is 21.6 Å². The first-order chi connectivity index (χ1) is 13.6. The molecule has 1 fully saturated rings. The van der Waals surface area contributed by atoms with Crippen LogP contribution in [0.1, 0.15) is 23.2 Å². The van der Waals surface area contributed by atoms with E-state index in [4.69, 9.17) is 0 Å². The molecule has 0 bridgehead atoms. The van der Waals surface area contributed by atoms with Crippen LogP contribution in [0.25, 0.3) is 0 Å². The molecule has 0 atom stereocenters. The monoisotopic (exact) mass is 437 g/mol. The van der Waals surface area contributed by atoms with Crippen molar-refractivity contribution in [3.63, 3.8) is 0 Å². The van der Waals surface area contributed by atoms with Crippen LogP contribution in [0.5, 0.6) is 0 Å². The summed E-state index contributed by atoms with van der Waals surface area (Å²) in [4.78, 5) is 13.4. The fraction of sp³-hybridized carbons (Fsp3) is 0.316. The number of hydrogen-bond acceptors (Lipinski definition) is 5. The van der Waals surface area contributed by atoms with Crippen molar-refractivity contribution in [1.29, 1.82) is 0 Å². The van der Waals surface area contributed by atoms with Crippen LogP contribution in [0, 0.1) is 0 Å². The van der Waals surface area contributed by atoms with Gasteiger partial charge < -0.3 is 4.90 Å². The summed E-state index contributed by atoms with van der Waals surface area (Å²) in [5, 5.41) is 0. The van der Waals surface area contributed by atoms with Gasteiger partial charge in [0.1, 0.15) is 0 Å². The molecule has 1 N–H and O–H groups in total. The third kappa shape index (κ3) is 4.60. The lowest BCUT2D eigenvalue weighted by Gasteiger charge is -2.16. The van der Waals surface area contributed by atoms with Crippen LogP contribution in [0.3, 0.4) is 0 Å². The molecule has 0 saturated carbocycles. The number of benzene rings is 2. The number of carbonyl (C=O) groups is 1. The van der Waals surface area contributed by atoms with Crippen LogP contribution in [-0.4, -0.2) is 59.1 Å². The van der Waals surface area contributed by atoms with Crippen LogP contribution >= 0.6 is 0 Å². The molecule has 1 aliphatic rings. The third-order valence-corrected chi connectivity index (χ3v) is 7.94. The highest BCUT2D eigenvalue weighted by Gasteiger charge is 2.27. The lowest BCUT2D eigenvalue weighted by Crippen LogP contribution is -2.27. The number of nitrogens with zero attached hydrogens (tertiary/aromatic N) is 2. The Labute approximate surface area is 171 Å². The van der Waals surface area contributed by atoms with E-state index in [1.165, 1.54) is 57.7 Å². The lowest BCUT2D eigenvalue weighted by molar-refractivity contribution is 0.0827. The summed E-state index contributed by atoms with van der Waals surface area (Å²) in [5.74, 6) is -0.186. The zero-order valence-electron chi connectivity index (χ0n) is 16.2. The maximum Gasteiger partial charge on any atom is 0.261 e. The zero-order chi connectivity index (χ0) is 21.2. The molecule has 10 heteroatoms. The Hall–Kier alpha value is -2.43. The number of amides is 1. The van der Waals surface area contributed by atoms with Crippen molar-refractivity contribution in [2.24, 2.45) is 0 Å². The van der Waals surface area contributed by atoms with Gasteiger partial charge in [0.15, 0.2) is 0 Å². The van der Waals surface area contributed by atoms with E-state index >= 15 is 0 Å². The second kappa shape index (κ2) is 8.13. The van der Waals surface area contributed by atoms with E-state index in [-0.39, 0.29) is 15.7 Å². The van der Waals surface area contributed by atoms with Crippen molar-refractivity contribution in [2.75, 3.05) is 31.9 Å². The minimum atomic E-state index is -3.90. The Morgan fingerprint density at radius 3 is 1.90 bits per heavy atom. The van der Waals surface area contributed by atoms with Gasteiger partial charge in [0.2, 0.25) is 10.0 Å². The Balaban J connectivity index is 1.77. The highest BCUT2D eigenvalue weighted by atomic mass is 32.2. The average Bonchev–Trinajstić information content (AvgIpc) is 3.23. The van der Waals surface area contributed by atoms with E-state index < -0.39 is 20.0 Å². The van der Waals surface area contributed by atoms with Gasteiger partial charge in [-0.2, -0.15) is 4.31 Å². The normalized spacial score (nSPS) is 15.2. The summed E-state index contributed by atoms with van der Waals surface area (Å²) in [7, 11) is -4.23. The highest BCUT2D eigenvalue weighted by Crippen LogP contribution is 2.23. The second-order valence-electron chi connectivity index (χ2n) is 6.97. The van der Waals surface area contributed by atoms with Crippen molar-refractivity contribution in [3.8, 4) is 0 Å². The Morgan fingerprint density at radius 1 is 0.862 bits per heavy atom. The maximum absolute atomic E-state index is 12.6. The van der Waals surface area contributed by atoms with E-state index in [2.05, 4.69) is 4.72 Å². The molecule has 1 heterocycles. The fourth-order valence-electron chi connectivity index (χ4n) is 3.02. The van der Waals surface area contributed by atoms with Crippen molar-refractivity contribution >= 4 is 31.6 Å². The number of carbonyl (C=O) groups excluding carboxylic acids is 1. The van der Waals surface area contributed by atoms with Gasteiger partial charge in [-0.15, -0.1) is 0 Å². The summed E-state index contributed by atoms with van der Waals surface area (Å²) >= 11 is 0. The van der Waals surface area contributed by atoms with Crippen LogP contribution < -0.4 is 4.72 Å². The maximum atomic E-state index is 12.6. The first-order valence-corrected chi connectivity index (χ1v) is 12.0. The summed E-state index contributed by atoms with van der Waals surface area (Å²) in [6.45, 7) is 0.965. The van der Waals surface area contributed by atoms with Crippen molar-refractivity contribution < 1.29 is 21.6 Å². The quantitative estimate of drug-likeness (QED) is 0.744. The summed E-state index contributed by atoms with van der Waals surface area (Å²) < 4.78 is 54.1. The van der Waals surface area contributed by atoms with Crippen LogP contribution in [-0.2, 0) is 20.0 Å². The van der Waals surface area contributed by atoms with Crippen molar-refractivity contribution in [2.45, 2.75) is 22.6 Å². The zero-order valence-corrected chi connectivity index (χ0v) is 17.8. The molecule has 0 unspecified atom stereocenters. The minimum absolute atomic E-state index is 0.0497. The number of hydrogen-bond donors (Lipinski definition) is 1. The molecular weight excluding hydrogens is 414 g/mol. The van der Waals surface area contributed by atoms with E-state index in [0.717, 1.165) is 12.8 Å². The van der Waals surface area contributed by atoms with Gasteiger partial charge in [-0.05, 0) is 61.4 Å². The molecule has 156 valence electrons. The van der Waals surface area contributed by atoms with Gasteiger partial charge in [0, 0.05) is 38.4 Å². The minimum Gasteiger partial charge on any atom is -0.345 e. The van der Waals surface area contributed by atoms with Gasteiger partial charge in [-0.1, -0.05) is 0 Å². The SMILES string of the molecule is CN(C)C(=O)c1ccc(NS(=O)(=O)c2ccc(S(=O)(=O)N3CCCC3)cc2)cc1. The molecule has 1 amide bonds. The van der Waals surface area contributed by atoms with Crippen LogP contribution in [0.2, 0.25) is 0 Å². The number of anilines is 1. The predicted octanol–water partition coefficient (Wildman–Crippen LogP) is 1.97. The summed E-state index contributed by atoms with van der Waals surface area (Å²) in [6.07, 6.45) is 1.66. The van der Waals surface area contributed by atoms with Crippen LogP contribution in [0.15, 0.2) is 58.3 Å². The molecule has 1 aliphatic heterocycles. The van der Waals surface area contributed by atoms with E-state index in [0.29, 0.717) is 24.3 Å². The van der Waals surface area contributed by atoms with Gasteiger partial charge in [0.25, 0.3) is 15.9 Å². The van der Waals surface area contributed by atoms with Crippen molar-refractivity contribution in [3.05, 3.63) is 54.1 Å². The largest absolute Gasteiger partial charge is 0.345 e. The second-order valence-corrected chi connectivity index (χ2v) is 10.6. The molecule has 8 nitrogen and oxygen atoms in total. The molecule has 29 heavy (non-hydrogen) atoms. The van der Waals surface area contributed by atoms with Crippen molar-refractivity contribution in [1.82, 2.24) is 9.21 Å². The topological polar surface area (TPSA) is 104 Å². The molecule has 0 aliphatic carbocycles. The first-order valence-electron chi connectivity index (χ1n) is 9.06. The fourth-order valence-corrected chi connectivity index (χ4v) is 5.60. The average molecular weight is 438 g/mol. The molecule has 3 rings (SSSR count). The molecule has 2 aromatic carbocycles. The molecule has 2 aromatic rings. The smallest absolute Gasteiger partial charge is 0.261 e. The van der Waals surface area contributed by atoms with Gasteiger partial charge in [-0.25, -0.2) is 16.8 Å². The highest BCUT2D eigenvalue weighted by molar-refractivity contribution is 7.92. The Morgan fingerprint density at radius 2 is 1.38 bits per heavy atom. The van der Waals surface area contributed by atoms with E-state index in [1.54, 1.807) is 14.1 Å². The van der Waals surface area contributed by atoms with E-state index in [1.807, 2.05) is 0 Å². The molecule has 1 saturated heterocycles. The Kier molecular flexibility index (Phi) is 5.97. The molecular formula is C19H23N3O5S2. The van der Waals surface area contributed by atoms with Crippen LogP contribution in [0.4, 0.5) is 5.69 Å². The first kappa shape index (κ1) is 21.3. The molecule has 0 spiro atoms. The third-order valence-electron chi connectivity index (χ3n) is 4.63. The number of nitrogens with one attached hydrogen (secondary N) is 1. The Bertz CT molecular complexity index is 1090. The predicted molar refractivity (Wildman–Crippen MR) is 110 cm³/mol. The van der Waals surface area contributed by atoms with Gasteiger partial charge >= 0.3 is 0 Å². The summed E-state index contributed by atoms with van der Waals surface area (Å²) in [5.41, 5.74) is 0.739. The number of rotatable bonds is 6. The van der Waals surface area contributed by atoms with Gasteiger partial charge in [-0.3, -0.25) is 9.52 Å². The standard InChI is InChI=1S/C19H23N3O5S2/c1-21(2)19(23)15-5-7-16(8-6-15)20-28(24,25)17-9-11-18(12-10-17)29(26,27)22-13-3-4-14-22/h5-12,20H,3-4,13-14H2,1-2H3. The lowest BCUT2D eigenvalue weighted by atomic mass is 10.2. The van der Waals surface area contributed by atoms with Gasteiger partial charge in [0.05, 0.1) is 9.79 Å².